The number of hydrogen-bond acceptors (Lipinski definition) is 5. The van der Waals surface area contributed by atoms with E-state index in [9.17, 15) is 14.4 Å². The Balaban J connectivity index is 4.34. The predicted octanol–water partition coefficient (Wildman–Crippen LogP) is 1.53. The van der Waals surface area contributed by atoms with Gasteiger partial charge in [-0.05, 0) is 13.3 Å². The summed E-state index contributed by atoms with van der Waals surface area (Å²) in [5.74, 6) is -1.56. The number of esters is 2. The van der Waals surface area contributed by atoms with Crippen molar-refractivity contribution in [3.63, 3.8) is 0 Å². The first kappa shape index (κ1) is 15.1. The Hall–Kier alpha value is -1.91. The van der Waals surface area contributed by atoms with Gasteiger partial charge in [0.25, 0.3) is 0 Å². The Morgan fingerprint density at radius 1 is 1.29 bits per heavy atom. The number of ether oxygens (including phenoxy) is 2. The number of carbonyl (C=O) groups is 3. The molecule has 0 aliphatic heterocycles. The molecule has 0 bridgehead atoms. The fourth-order valence-corrected chi connectivity index (χ4v) is 0.885. The van der Waals surface area contributed by atoms with Gasteiger partial charge in [-0.3, -0.25) is 9.59 Å². The van der Waals surface area contributed by atoms with Crippen LogP contribution in [-0.2, 0) is 23.9 Å². The molecule has 0 N–H and O–H groups in total. The van der Waals surface area contributed by atoms with E-state index in [0.717, 1.165) is 6.26 Å². The van der Waals surface area contributed by atoms with E-state index in [2.05, 4.69) is 11.3 Å². The Morgan fingerprint density at radius 3 is 2.41 bits per heavy atom. The third kappa shape index (κ3) is 7.05. The fourth-order valence-electron chi connectivity index (χ4n) is 0.885. The Labute approximate surface area is 100 Å². The molecule has 0 aromatic rings. The zero-order chi connectivity index (χ0) is 13.3. The van der Waals surface area contributed by atoms with Crippen LogP contribution in [0.3, 0.4) is 0 Å². The van der Waals surface area contributed by atoms with Gasteiger partial charge >= 0.3 is 11.9 Å². The van der Waals surface area contributed by atoms with Crippen molar-refractivity contribution in [2.75, 3.05) is 6.61 Å². The maximum atomic E-state index is 11.4. The highest BCUT2D eigenvalue weighted by atomic mass is 16.5. The molecule has 0 saturated heterocycles. The van der Waals surface area contributed by atoms with Crippen LogP contribution in [0.25, 0.3) is 0 Å². The molecule has 0 aromatic carbocycles. The average molecular weight is 240 g/mol. The number of hydrogen-bond donors (Lipinski definition) is 0. The van der Waals surface area contributed by atoms with E-state index in [0.29, 0.717) is 6.42 Å². The summed E-state index contributed by atoms with van der Waals surface area (Å²) >= 11 is 0. The highest BCUT2D eigenvalue weighted by Crippen LogP contribution is 2.05. The van der Waals surface area contributed by atoms with E-state index in [4.69, 9.17) is 4.74 Å². The second-order valence-corrected chi connectivity index (χ2v) is 3.25. The summed E-state index contributed by atoms with van der Waals surface area (Å²) in [4.78, 5) is 33.0. The molecule has 0 rings (SSSR count). The molecule has 17 heavy (non-hydrogen) atoms. The minimum absolute atomic E-state index is 0.0948. The van der Waals surface area contributed by atoms with Gasteiger partial charge in [-0.2, -0.15) is 0 Å². The standard InChI is InChI=1S/C12H16O5/c1-4-6-16-12(15)10(5-2)8-17-11(14)7-9(3)13/h4,8H,1,5-7H2,2-3H3. The van der Waals surface area contributed by atoms with Crippen LogP contribution < -0.4 is 0 Å². The van der Waals surface area contributed by atoms with Crippen molar-refractivity contribution >= 4 is 17.7 Å². The highest BCUT2D eigenvalue weighted by Gasteiger charge is 2.11. The fraction of sp³-hybridized carbons (Fsp3) is 0.417. The van der Waals surface area contributed by atoms with Crippen molar-refractivity contribution in [3.8, 4) is 0 Å². The van der Waals surface area contributed by atoms with Gasteiger partial charge < -0.3 is 9.47 Å². The third-order valence-electron chi connectivity index (χ3n) is 1.70. The first-order valence-corrected chi connectivity index (χ1v) is 5.17. The van der Waals surface area contributed by atoms with Crippen LogP contribution in [0.5, 0.6) is 0 Å². The molecule has 0 atom stereocenters. The molecule has 5 heteroatoms. The van der Waals surface area contributed by atoms with Crippen molar-refractivity contribution in [1.82, 2.24) is 0 Å². The molecule has 0 fully saturated rings. The van der Waals surface area contributed by atoms with Gasteiger partial charge in [-0.25, -0.2) is 4.79 Å². The molecule has 0 heterocycles. The van der Waals surface area contributed by atoms with Crippen LogP contribution in [0.4, 0.5) is 0 Å². The van der Waals surface area contributed by atoms with Crippen LogP contribution in [0.15, 0.2) is 24.5 Å². The Bertz CT molecular complexity index is 341. The maximum Gasteiger partial charge on any atom is 0.337 e. The van der Waals surface area contributed by atoms with Gasteiger partial charge in [0, 0.05) is 0 Å². The van der Waals surface area contributed by atoms with Crippen LogP contribution >= 0.6 is 0 Å². The van der Waals surface area contributed by atoms with Crippen LogP contribution in [-0.4, -0.2) is 24.3 Å². The van der Waals surface area contributed by atoms with Gasteiger partial charge in [0.2, 0.25) is 0 Å². The minimum atomic E-state index is -0.694. The summed E-state index contributed by atoms with van der Waals surface area (Å²) in [5.41, 5.74) is 0.226. The van der Waals surface area contributed by atoms with E-state index < -0.39 is 11.9 Å². The first-order valence-electron chi connectivity index (χ1n) is 5.17. The lowest BCUT2D eigenvalue weighted by Crippen LogP contribution is -2.10. The zero-order valence-electron chi connectivity index (χ0n) is 10.0. The monoisotopic (exact) mass is 240 g/mol. The van der Waals surface area contributed by atoms with Crippen LogP contribution in [0.2, 0.25) is 0 Å². The van der Waals surface area contributed by atoms with Crippen molar-refractivity contribution < 1.29 is 23.9 Å². The summed E-state index contributed by atoms with van der Waals surface area (Å²) in [7, 11) is 0. The normalized spacial score (nSPS) is 10.6. The van der Waals surface area contributed by atoms with Crippen LogP contribution in [0, 0.1) is 0 Å². The summed E-state index contributed by atoms with van der Waals surface area (Å²) in [5, 5.41) is 0. The molecular weight excluding hydrogens is 224 g/mol. The van der Waals surface area contributed by atoms with Crippen molar-refractivity contribution in [2.45, 2.75) is 26.7 Å². The third-order valence-corrected chi connectivity index (χ3v) is 1.70. The largest absolute Gasteiger partial charge is 0.458 e. The molecule has 5 nitrogen and oxygen atoms in total. The molecule has 0 aliphatic rings. The minimum Gasteiger partial charge on any atom is -0.458 e. The predicted molar refractivity (Wildman–Crippen MR) is 60.9 cm³/mol. The lowest BCUT2D eigenvalue weighted by Gasteiger charge is -2.04. The van der Waals surface area contributed by atoms with E-state index in [1.54, 1.807) is 6.92 Å². The molecular formula is C12H16O5. The SMILES string of the molecule is C=CCOC(=O)C(=COC(=O)CC(C)=O)CC. The van der Waals surface area contributed by atoms with E-state index in [1.807, 2.05) is 0 Å². The lowest BCUT2D eigenvalue weighted by molar-refractivity contribution is -0.141. The van der Waals surface area contributed by atoms with Gasteiger partial charge in [0.15, 0.2) is 0 Å². The second-order valence-electron chi connectivity index (χ2n) is 3.25. The van der Waals surface area contributed by atoms with Crippen molar-refractivity contribution in [2.24, 2.45) is 0 Å². The molecule has 0 aromatic heterocycles. The molecule has 94 valence electrons. The Kier molecular flexibility index (Phi) is 7.34. The molecule has 0 saturated carbocycles. The summed E-state index contributed by atoms with van der Waals surface area (Å²) in [6.45, 7) is 6.50. The molecule has 0 amide bonds. The molecule has 0 aliphatic carbocycles. The number of rotatable bonds is 7. The van der Waals surface area contributed by atoms with E-state index >= 15 is 0 Å². The van der Waals surface area contributed by atoms with Crippen molar-refractivity contribution in [3.05, 3.63) is 24.5 Å². The van der Waals surface area contributed by atoms with Gasteiger partial charge in [-0.15, -0.1) is 0 Å². The molecule has 0 unspecified atom stereocenters. The van der Waals surface area contributed by atoms with Gasteiger partial charge in [0.05, 0.1) is 5.57 Å². The van der Waals surface area contributed by atoms with Crippen molar-refractivity contribution in [1.29, 1.82) is 0 Å². The maximum absolute atomic E-state index is 11.4. The average Bonchev–Trinajstić information content (AvgIpc) is 2.26. The number of Topliss-reactive ketones (excluding diaryl/α,β-unsaturated/α-hetero) is 1. The first-order chi connectivity index (χ1) is 8.01. The van der Waals surface area contributed by atoms with Crippen LogP contribution in [0.1, 0.15) is 26.7 Å². The van der Waals surface area contributed by atoms with E-state index in [-0.39, 0.29) is 24.4 Å². The smallest absolute Gasteiger partial charge is 0.337 e. The lowest BCUT2D eigenvalue weighted by atomic mass is 10.2. The second kappa shape index (κ2) is 8.27. The number of ketones is 1. The number of carbonyl (C=O) groups excluding carboxylic acids is 3. The highest BCUT2D eigenvalue weighted by molar-refractivity contribution is 5.94. The summed E-state index contributed by atoms with van der Waals surface area (Å²) in [6, 6.07) is 0. The quantitative estimate of drug-likeness (QED) is 0.222. The topological polar surface area (TPSA) is 69.7 Å². The zero-order valence-corrected chi connectivity index (χ0v) is 10.0. The van der Waals surface area contributed by atoms with Gasteiger partial charge in [0.1, 0.15) is 25.1 Å². The van der Waals surface area contributed by atoms with E-state index in [1.165, 1.54) is 13.0 Å². The summed E-state index contributed by atoms with van der Waals surface area (Å²) in [6.07, 6.45) is 2.52. The Morgan fingerprint density at radius 2 is 1.94 bits per heavy atom. The molecule has 0 spiro atoms. The molecule has 0 radical (unpaired) electrons. The summed E-state index contributed by atoms with van der Waals surface area (Å²) < 4.78 is 9.43. The van der Waals surface area contributed by atoms with Gasteiger partial charge in [-0.1, -0.05) is 19.6 Å².